The highest BCUT2D eigenvalue weighted by atomic mass is 16.5. The first-order valence-electron chi connectivity index (χ1n) is 7.92. The largest absolute Gasteiger partial charge is 0.463 e. The summed E-state index contributed by atoms with van der Waals surface area (Å²) < 4.78 is 9.99. The number of ketones is 1. The number of benzene rings is 1. The van der Waals surface area contributed by atoms with E-state index in [1.807, 2.05) is 19.1 Å². The van der Waals surface area contributed by atoms with Crippen LogP contribution in [0.25, 0.3) is 0 Å². The number of esters is 1. The van der Waals surface area contributed by atoms with Gasteiger partial charge in [0.05, 0.1) is 12.3 Å². The SMILES string of the molecule is CCOC(=O)C=CC#CC(C)c1ccccc1C(=O)c1ocnc1C. The summed E-state index contributed by atoms with van der Waals surface area (Å²) in [6.07, 6.45) is 3.98. The van der Waals surface area contributed by atoms with Crippen molar-refractivity contribution in [3.05, 3.63) is 65.4 Å². The van der Waals surface area contributed by atoms with E-state index in [2.05, 4.69) is 16.8 Å². The lowest BCUT2D eigenvalue weighted by Gasteiger charge is -2.10. The Morgan fingerprint density at radius 2 is 2.12 bits per heavy atom. The van der Waals surface area contributed by atoms with Crippen LogP contribution in [0.3, 0.4) is 0 Å². The summed E-state index contributed by atoms with van der Waals surface area (Å²) in [4.78, 5) is 27.9. The van der Waals surface area contributed by atoms with E-state index in [-0.39, 0.29) is 17.5 Å². The molecule has 0 N–H and O–H groups in total. The van der Waals surface area contributed by atoms with Gasteiger partial charge in [-0.1, -0.05) is 36.1 Å². The van der Waals surface area contributed by atoms with Gasteiger partial charge in [-0.15, -0.1) is 0 Å². The number of ether oxygens (including phenoxy) is 1. The van der Waals surface area contributed by atoms with Gasteiger partial charge < -0.3 is 9.15 Å². The van der Waals surface area contributed by atoms with Gasteiger partial charge in [-0.25, -0.2) is 9.78 Å². The molecule has 2 rings (SSSR count). The molecule has 1 heterocycles. The molecular weight excluding hydrogens is 318 g/mol. The molecule has 5 nitrogen and oxygen atoms in total. The fourth-order valence-corrected chi connectivity index (χ4v) is 2.27. The van der Waals surface area contributed by atoms with Crippen LogP contribution in [0.5, 0.6) is 0 Å². The molecule has 0 amide bonds. The maximum Gasteiger partial charge on any atom is 0.331 e. The van der Waals surface area contributed by atoms with Gasteiger partial charge in [0.2, 0.25) is 5.78 Å². The highest BCUT2D eigenvalue weighted by Crippen LogP contribution is 2.23. The molecular formula is C20H19NO4. The first kappa shape index (κ1) is 18.2. The summed E-state index contributed by atoms with van der Waals surface area (Å²) in [5, 5.41) is 0. The second kappa shape index (κ2) is 8.65. The molecule has 2 aromatic rings. The average molecular weight is 337 g/mol. The molecule has 0 aliphatic rings. The third kappa shape index (κ3) is 4.67. The normalized spacial score (nSPS) is 11.6. The number of rotatable bonds is 5. The molecule has 0 saturated carbocycles. The van der Waals surface area contributed by atoms with E-state index in [1.165, 1.54) is 18.5 Å². The summed E-state index contributed by atoms with van der Waals surface area (Å²) >= 11 is 0. The van der Waals surface area contributed by atoms with Gasteiger partial charge in [-0.05, 0) is 32.4 Å². The van der Waals surface area contributed by atoms with Crippen LogP contribution in [0.15, 0.2) is 47.2 Å². The number of oxazole rings is 1. The van der Waals surface area contributed by atoms with Crippen molar-refractivity contribution in [1.29, 1.82) is 0 Å². The molecule has 1 aromatic carbocycles. The van der Waals surface area contributed by atoms with Gasteiger partial charge in [0, 0.05) is 17.6 Å². The molecule has 25 heavy (non-hydrogen) atoms. The zero-order valence-corrected chi connectivity index (χ0v) is 14.4. The van der Waals surface area contributed by atoms with E-state index in [0.29, 0.717) is 17.9 Å². The second-order valence-corrected chi connectivity index (χ2v) is 5.28. The Hall–Kier alpha value is -3.13. The number of allylic oxidation sites excluding steroid dienone is 1. The monoisotopic (exact) mass is 337 g/mol. The number of nitrogens with zero attached hydrogens (tertiary/aromatic N) is 1. The van der Waals surface area contributed by atoms with E-state index in [1.54, 1.807) is 26.0 Å². The average Bonchev–Trinajstić information content (AvgIpc) is 3.04. The number of aryl methyl sites for hydroxylation is 1. The highest BCUT2D eigenvalue weighted by Gasteiger charge is 2.20. The van der Waals surface area contributed by atoms with Gasteiger partial charge in [-0.3, -0.25) is 4.79 Å². The fraction of sp³-hybridized carbons (Fsp3) is 0.250. The molecule has 0 bridgehead atoms. The highest BCUT2D eigenvalue weighted by molar-refractivity contribution is 6.08. The third-order valence-corrected chi connectivity index (χ3v) is 3.51. The van der Waals surface area contributed by atoms with Crippen molar-refractivity contribution < 1.29 is 18.7 Å². The number of hydrogen-bond donors (Lipinski definition) is 0. The van der Waals surface area contributed by atoms with Gasteiger partial charge >= 0.3 is 5.97 Å². The zero-order chi connectivity index (χ0) is 18.2. The lowest BCUT2D eigenvalue weighted by molar-refractivity contribution is -0.137. The van der Waals surface area contributed by atoms with Crippen LogP contribution in [0, 0.1) is 18.8 Å². The molecule has 1 unspecified atom stereocenters. The number of carbonyl (C=O) groups excluding carboxylic acids is 2. The van der Waals surface area contributed by atoms with Crippen LogP contribution in [-0.4, -0.2) is 23.3 Å². The topological polar surface area (TPSA) is 69.4 Å². The van der Waals surface area contributed by atoms with Crippen LogP contribution in [0.1, 0.15) is 47.1 Å². The Kier molecular flexibility index (Phi) is 6.30. The molecule has 0 fully saturated rings. The first-order chi connectivity index (χ1) is 12.0. The molecule has 0 aliphatic heterocycles. The van der Waals surface area contributed by atoms with Crippen molar-refractivity contribution in [3.63, 3.8) is 0 Å². The Morgan fingerprint density at radius 1 is 1.36 bits per heavy atom. The Labute approximate surface area is 146 Å². The Bertz CT molecular complexity index is 852. The molecule has 0 saturated heterocycles. The van der Waals surface area contributed by atoms with Crippen LogP contribution < -0.4 is 0 Å². The van der Waals surface area contributed by atoms with Crippen molar-refractivity contribution in [3.8, 4) is 11.8 Å². The quantitative estimate of drug-likeness (QED) is 0.362. The van der Waals surface area contributed by atoms with E-state index in [4.69, 9.17) is 9.15 Å². The van der Waals surface area contributed by atoms with Gasteiger partial charge in [-0.2, -0.15) is 0 Å². The van der Waals surface area contributed by atoms with Crippen molar-refractivity contribution in [2.75, 3.05) is 6.61 Å². The smallest absolute Gasteiger partial charge is 0.331 e. The first-order valence-corrected chi connectivity index (χ1v) is 7.92. The Morgan fingerprint density at radius 3 is 2.80 bits per heavy atom. The predicted molar refractivity (Wildman–Crippen MR) is 93.1 cm³/mol. The number of hydrogen-bond acceptors (Lipinski definition) is 5. The van der Waals surface area contributed by atoms with Gasteiger partial charge in [0.25, 0.3) is 0 Å². The van der Waals surface area contributed by atoms with Crippen molar-refractivity contribution in [2.24, 2.45) is 0 Å². The van der Waals surface area contributed by atoms with Gasteiger partial charge in [0.1, 0.15) is 0 Å². The summed E-state index contributed by atoms with van der Waals surface area (Å²) in [5.41, 5.74) is 1.87. The summed E-state index contributed by atoms with van der Waals surface area (Å²) in [6, 6.07) is 7.24. The number of aromatic nitrogens is 1. The minimum absolute atomic E-state index is 0.199. The molecule has 0 aliphatic carbocycles. The van der Waals surface area contributed by atoms with E-state index < -0.39 is 5.97 Å². The molecule has 0 spiro atoms. The maximum atomic E-state index is 12.7. The minimum atomic E-state index is -0.430. The number of carbonyl (C=O) groups is 2. The zero-order valence-electron chi connectivity index (χ0n) is 14.4. The molecule has 0 radical (unpaired) electrons. The third-order valence-electron chi connectivity index (χ3n) is 3.51. The van der Waals surface area contributed by atoms with Gasteiger partial charge in [0.15, 0.2) is 12.2 Å². The molecule has 1 aromatic heterocycles. The van der Waals surface area contributed by atoms with Crippen molar-refractivity contribution in [1.82, 2.24) is 4.98 Å². The standard InChI is InChI=1S/C20H19NO4/c1-4-24-18(22)12-8-5-9-14(2)16-10-6-7-11-17(16)19(23)20-15(3)21-13-25-20/h6-8,10-14H,4H2,1-3H3. The summed E-state index contributed by atoms with van der Waals surface area (Å²) in [5.74, 6) is 5.20. The van der Waals surface area contributed by atoms with Crippen LogP contribution in [-0.2, 0) is 9.53 Å². The van der Waals surface area contributed by atoms with Crippen LogP contribution >= 0.6 is 0 Å². The lowest BCUT2D eigenvalue weighted by atomic mass is 9.93. The lowest BCUT2D eigenvalue weighted by Crippen LogP contribution is -2.07. The van der Waals surface area contributed by atoms with E-state index >= 15 is 0 Å². The second-order valence-electron chi connectivity index (χ2n) is 5.28. The predicted octanol–water partition coefficient (Wildman–Crippen LogP) is 3.44. The van der Waals surface area contributed by atoms with Crippen LogP contribution in [0.2, 0.25) is 0 Å². The molecule has 1 atom stereocenters. The van der Waals surface area contributed by atoms with E-state index in [0.717, 1.165) is 5.56 Å². The minimum Gasteiger partial charge on any atom is -0.463 e. The molecule has 128 valence electrons. The van der Waals surface area contributed by atoms with Crippen molar-refractivity contribution in [2.45, 2.75) is 26.7 Å². The van der Waals surface area contributed by atoms with E-state index in [9.17, 15) is 9.59 Å². The summed E-state index contributed by atoms with van der Waals surface area (Å²) in [6.45, 7) is 5.68. The Balaban J connectivity index is 2.22. The fourth-order valence-electron chi connectivity index (χ4n) is 2.27. The molecule has 5 heteroatoms. The van der Waals surface area contributed by atoms with Crippen LogP contribution in [0.4, 0.5) is 0 Å². The van der Waals surface area contributed by atoms with Crippen molar-refractivity contribution >= 4 is 11.8 Å². The summed E-state index contributed by atoms with van der Waals surface area (Å²) in [7, 11) is 0. The maximum absolute atomic E-state index is 12.7.